The van der Waals surface area contributed by atoms with Crippen LogP contribution < -0.4 is 0 Å². The molecule has 2 rings (SSSR count). The summed E-state index contributed by atoms with van der Waals surface area (Å²) in [6.07, 6.45) is 1.86. The molecule has 1 unspecified atom stereocenters. The monoisotopic (exact) mass is 259 g/mol. The molecule has 0 saturated carbocycles. The Morgan fingerprint density at radius 1 is 1.26 bits per heavy atom. The molecule has 1 saturated heterocycles. The van der Waals surface area contributed by atoms with Crippen LogP contribution in [0.4, 0.5) is 0 Å². The highest BCUT2D eigenvalue weighted by molar-refractivity contribution is 5.79. The third kappa shape index (κ3) is 2.99. The van der Waals surface area contributed by atoms with Gasteiger partial charge in [0.1, 0.15) is 0 Å². The Hall–Kier alpha value is -1.31. The minimum absolute atomic E-state index is 0.204. The highest BCUT2D eigenvalue weighted by atomic mass is 16.2. The van der Waals surface area contributed by atoms with Gasteiger partial charge in [-0.25, -0.2) is 0 Å². The van der Waals surface area contributed by atoms with Crippen LogP contribution >= 0.6 is 0 Å². The van der Waals surface area contributed by atoms with Gasteiger partial charge in [-0.15, -0.1) is 0 Å². The number of rotatable bonds is 4. The van der Waals surface area contributed by atoms with Crippen molar-refractivity contribution in [3.8, 4) is 0 Å². The molecule has 0 N–H and O–H groups in total. The molecule has 1 atom stereocenters. The zero-order valence-electron chi connectivity index (χ0n) is 12.5. The van der Waals surface area contributed by atoms with Crippen LogP contribution in [0.1, 0.15) is 46.1 Å². The van der Waals surface area contributed by atoms with Crippen LogP contribution in [0.15, 0.2) is 30.3 Å². The van der Waals surface area contributed by atoms with E-state index in [1.54, 1.807) is 0 Å². The lowest BCUT2D eigenvalue weighted by molar-refractivity contribution is -0.132. The molecule has 2 nitrogen and oxygen atoms in total. The second kappa shape index (κ2) is 5.36. The van der Waals surface area contributed by atoms with Crippen LogP contribution in [0.25, 0.3) is 0 Å². The Morgan fingerprint density at radius 3 is 2.47 bits per heavy atom. The Bertz CT molecular complexity index is 436. The largest absolute Gasteiger partial charge is 0.333 e. The SMILES string of the molecule is CC(C)CC1CC(=O)N(C(C)(C)c2ccccc2)C1. The van der Waals surface area contributed by atoms with Gasteiger partial charge in [0.2, 0.25) is 5.91 Å². The summed E-state index contributed by atoms with van der Waals surface area (Å²) in [5.41, 5.74) is 1.01. The van der Waals surface area contributed by atoms with Gasteiger partial charge in [0.25, 0.3) is 0 Å². The number of hydrogen-bond donors (Lipinski definition) is 0. The average Bonchev–Trinajstić information content (AvgIpc) is 2.71. The molecule has 1 aromatic carbocycles. The lowest BCUT2D eigenvalue weighted by Crippen LogP contribution is -2.42. The maximum atomic E-state index is 12.3. The Morgan fingerprint density at radius 2 is 1.89 bits per heavy atom. The summed E-state index contributed by atoms with van der Waals surface area (Å²) in [4.78, 5) is 14.4. The van der Waals surface area contributed by atoms with Crippen molar-refractivity contribution in [3.05, 3.63) is 35.9 Å². The number of benzene rings is 1. The van der Waals surface area contributed by atoms with E-state index >= 15 is 0 Å². The quantitative estimate of drug-likeness (QED) is 0.805. The molecule has 0 bridgehead atoms. The third-order valence-electron chi connectivity index (χ3n) is 4.16. The van der Waals surface area contributed by atoms with Crippen molar-refractivity contribution in [1.82, 2.24) is 4.90 Å². The van der Waals surface area contributed by atoms with E-state index in [0.717, 1.165) is 13.0 Å². The number of amides is 1. The van der Waals surface area contributed by atoms with Crippen LogP contribution in [-0.4, -0.2) is 17.4 Å². The van der Waals surface area contributed by atoms with Crippen molar-refractivity contribution in [2.75, 3.05) is 6.54 Å². The molecule has 1 amide bonds. The predicted molar refractivity (Wildman–Crippen MR) is 78.7 cm³/mol. The second-order valence-corrected chi connectivity index (χ2v) is 6.63. The lowest BCUT2D eigenvalue weighted by Gasteiger charge is -2.36. The van der Waals surface area contributed by atoms with Crippen LogP contribution in [-0.2, 0) is 10.3 Å². The fourth-order valence-electron chi connectivity index (χ4n) is 3.15. The van der Waals surface area contributed by atoms with Crippen LogP contribution in [0.2, 0.25) is 0 Å². The summed E-state index contributed by atoms with van der Waals surface area (Å²) < 4.78 is 0. The predicted octanol–water partition coefficient (Wildman–Crippen LogP) is 3.82. The van der Waals surface area contributed by atoms with Gasteiger partial charge in [0.05, 0.1) is 5.54 Å². The third-order valence-corrected chi connectivity index (χ3v) is 4.16. The average molecular weight is 259 g/mol. The smallest absolute Gasteiger partial charge is 0.223 e. The van der Waals surface area contributed by atoms with E-state index in [9.17, 15) is 4.79 Å². The van der Waals surface area contributed by atoms with Crippen molar-refractivity contribution < 1.29 is 4.79 Å². The highest BCUT2D eigenvalue weighted by Gasteiger charge is 2.39. The first kappa shape index (κ1) is 14.1. The molecule has 1 aliphatic heterocycles. The first-order valence-electron chi connectivity index (χ1n) is 7.27. The molecular weight excluding hydrogens is 234 g/mol. The molecule has 1 aromatic rings. The standard InChI is InChI=1S/C17H25NO/c1-13(2)10-14-11-16(19)18(12-14)17(3,4)15-8-6-5-7-9-15/h5-9,13-14H,10-12H2,1-4H3. The van der Waals surface area contributed by atoms with E-state index < -0.39 is 0 Å². The molecule has 0 aliphatic carbocycles. The van der Waals surface area contributed by atoms with E-state index in [0.29, 0.717) is 24.2 Å². The normalized spacial score (nSPS) is 20.4. The maximum Gasteiger partial charge on any atom is 0.223 e. The second-order valence-electron chi connectivity index (χ2n) is 6.63. The minimum atomic E-state index is -0.204. The van der Waals surface area contributed by atoms with Crippen LogP contribution in [0, 0.1) is 11.8 Å². The Balaban J connectivity index is 2.15. The first-order chi connectivity index (χ1) is 8.91. The van der Waals surface area contributed by atoms with Crippen molar-refractivity contribution >= 4 is 5.91 Å². The van der Waals surface area contributed by atoms with E-state index in [2.05, 4.69) is 44.7 Å². The molecule has 1 fully saturated rings. The van der Waals surface area contributed by atoms with E-state index in [-0.39, 0.29) is 5.54 Å². The van der Waals surface area contributed by atoms with E-state index in [4.69, 9.17) is 0 Å². The van der Waals surface area contributed by atoms with Gasteiger partial charge in [-0.05, 0) is 37.7 Å². The summed E-state index contributed by atoms with van der Waals surface area (Å²) >= 11 is 0. The molecule has 0 aromatic heterocycles. The summed E-state index contributed by atoms with van der Waals surface area (Å²) in [6.45, 7) is 9.67. The molecule has 0 radical (unpaired) electrons. The summed E-state index contributed by atoms with van der Waals surface area (Å²) in [6, 6.07) is 10.3. The molecule has 104 valence electrons. The van der Waals surface area contributed by atoms with Gasteiger partial charge in [-0.2, -0.15) is 0 Å². The fourth-order valence-corrected chi connectivity index (χ4v) is 3.15. The fraction of sp³-hybridized carbons (Fsp3) is 0.588. The van der Waals surface area contributed by atoms with E-state index in [1.165, 1.54) is 5.56 Å². The summed E-state index contributed by atoms with van der Waals surface area (Å²) in [5, 5.41) is 0. The Labute approximate surface area is 116 Å². The molecular formula is C17H25NO. The summed E-state index contributed by atoms with van der Waals surface area (Å²) in [7, 11) is 0. The van der Waals surface area contributed by atoms with E-state index in [1.807, 2.05) is 18.2 Å². The van der Waals surface area contributed by atoms with Crippen molar-refractivity contribution in [3.63, 3.8) is 0 Å². The number of carbonyl (C=O) groups is 1. The number of carbonyl (C=O) groups excluding carboxylic acids is 1. The van der Waals surface area contributed by atoms with Gasteiger partial charge in [0.15, 0.2) is 0 Å². The van der Waals surface area contributed by atoms with Gasteiger partial charge >= 0.3 is 0 Å². The first-order valence-corrected chi connectivity index (χ1v) is 7.27. The zero-order valence-corrected chi connectivity index (χ0v) is 12.5. The Kier molecular flexibility index (Phi) is 3.98. The van der Waals surface area contributed by atoms with Gasteiger partial charge < -0.3 is 4.90 Å². The lowest BCUT2D eigenvalue weighted by atomic mass is 9.92. The maximum absolute atomic E-state index is 12.3. The topological polar surface area (TPSA) is 20.3 Å². The molecule has 0 spiro atoms. The minimum Gasteiger partial charge on any atom is -0.333 e. The summed E-state index contributed by atoms with van der Waals surface area (Å²) in [5.74, 6) is 1.49. The molecule has 1 aliphatic rings. The van der Waals surface area contributed by atoms with Gasteiger partial charge in [-0.1, -0.05) is 44.2 Å². The highest BCUT2D eigenvalue weighted by Crippen LogP contribution is 2.35. The number of nitrogens with zero attached hydrogens (tertiary/aromatic N) is 1. The van der Waals surface area contributed by atoms with Crippen molar-refractivity contribution in [2.24, 2.45) is 11.8 Å². The van der Waals surface area contributed by atoms with Crippen molar-refractivity contribution in [1.29, 1.82) is 0 Å². The van der Waals surface area contributed by atoms with Crippen LogP contribution in [0.3, 0.4) is 0 Å². The van der Waals surface area contributed by atoms with Crippen LogP contribution in [0.5, 0.6) is 0 Å². The zero-order chi connectivity index (χ0) is 14.0. The molecule has 1 heterocycles. The molecule has 2 heteroatoms. The van der Waals surface area contributed by atoms with Gasteiger partial charge in [-0.3, -0.25) is 4.79 Å². The van der Waals surface area contributed by atoms with Crippen molar-refractivity contribution in [2.45, 2.75) is 46.1 Å². The van der Waals surface area contributed by atoms with Gasteiger partial charge in [0, 0.05) is 13.0 Å². The molecule has 19 heavy (non-hydrogen) atoms. The number of likely N-dealkylation sites (tertiary alicyclic amines) is 1. The number of hydrogen-bond acceptors (Lipinski definition) is 1.